The van der Waals surface area contributed by atoms with Crippen LogP contribution in [0.5, 0.6) is 0 Å². The van der Waals surface area contributed by atoms with E-state index >= 15 is 0 Å². The summed E-state index contributed by atoms with van der Waals surface area (Å²) in [7, 11) is 0. The smallest absolute Gasteiger partial charge is 0.167 e. The molecular weight excluding hydrogens is 185 g/mol. The molecule has 0 amide bonds. The number of halogens is 3. The Labute approximate surface area is 72.3 Å². The van der Waals surface area contributed by atoms with Crippen molar-refractivity contribution in [3.8, 4) is 0 Å². The average Bonchev–Trinajstić information content (AvgIpc) is 2.32. The highest BCUT2D eigenvalue weighted by molar-refractivity contribution is 7.11. The van der Waals surface area contributed by atoms with Crippen LogP contribution in [0.2, 0.25) is 0 Å². The van der Waals surface area contributed by atoms with E-state index in [0.717, 1.165) is 0 Å². The summed E-state index contributed by atoms with van der Waals surface area (Å²) in [5.41, 5.74) is 0.262. The van der Waals surface area contributed by atoms with Gasteiger partial charge in [0.05, 0.1) is 0 Å². The molecule has 66 valence electrons. The fraction of sp³-hybridized carbons (Fsp3) is 0.250. The summed E-state index contributed by atoms with van der Waals surface area (Å²) in [6, 6.07) is 3.40. The minimum atomic E-state index is -4.21. The van der Waals surface area contributed by atoms with Crippen molar-refractivity contribution in [2.75, 3.05) is 0 Å². The normalized spacial score (nSPS) is 13.5. The van der Waals surface area contributed by atoms with Crippen molar-refractivity contribution in [2.45, 2.75) is 13.1 Å². The van der Waals surface area contributed by atoms with Gasteiger partial charge in [-0.15, -0.1) is 11.3 Å². The summed E-state index contributed by atoms with van der Waals surface area (Å²) in [6.07, 6.45) is -3.90. The molecule has 0 aliphatic carbocycles. The van der Waals surface area contributed by atoms with Crippen molar-refractivity contribution in [2.24, 2.45) is 0 Å². The highest BCUT2D eigenvalue weighted by Gasteiger charge is 2.23. The summed E-state index contributed by atoms with van der Waals surface area (Å²) < 4.78 is 35.5. The van der Waals surface area contributed by atoms with Gasteiger partial charge in [0.15, 0.2) is 0 Å². The van der Waals surface area contributed by atoms with Gasteiger partial charge in [-0.1, -0.05) is 6.07 Å². The average molecular weight is 192 g/mol. The number of allylic oxidation sites excluding steroid dienone is 2. The van der Waals surface area contributed by atoms with Gasteiger partial charge in [0.1, 0.15) is 0 Å². The number of thiophene rings is 1. The molecule has 0 aliphatic heterocycles. The van der Waals surface area contributed by atoms with Crippen LogP contribution < -0.4 is 0 Å². The quantitative estimate of drug-likeness (QED) is 0.636. The molecule has 4 heteroatoms. The zero-order chi connectivity index (χ0) is 9.19. The predicted molar refractivity (Wildman–Crippen MR) is 44.0 cm³/mol. The maximum Gasteiger partial charge on any atom is 0.410 e. The van der Waals surface area contributed by atoms with Crippen molar-refractivity contribution in [3.05, 3.63) is 28.5 Å². The molecule has 0 fully saturated rings. The summed E-state index contributed by atoms with van der Waals surface area (Å²) in [6.45, 7) is 1.46. The minimum Gasteiger partial charge on any atom is -0.167 e. The lowest BCUT2D eigenvalue weighted by Gasteiger charge is -2.00. The van der Waals surface area contributed by atoms with Gasteiger partial charge in [-0.2, -0.15) is 13.2 Å². The van der Waals surface area contributed by atoms with Crippen LogP contribution in [0.3, 0.4) is 0 Å². The topological polar surface area (TPSA) is 0 Å². The van der Waals surface area contributed by atoms with Gasteiger partial charge in [-0.3, -0.25) is 0 Å². The Morgan fingerprint density at radius 2 is 2.17 bits per heavy atom. The Morgan fingerprint density at radius 1 is 1.50 bits per heavy atom. The molecular formula is C8H7F3S. The van der Waals surface area contributed by atoms with Gasteiger partial charge in [0, 0.05) is 11.0 Å². The Morgan fingerprint density at radius 3 is 2.58 bits per heavy atom. The number of rotatable bonds is 1. The largest absolute Gasteiger partial charge is 0.410 e. The van der Waals surface area contributed by atoms with E-state index in [1.165, 1.54) is 18.3 Å². The molecule has 0 unspecified atom stereocenters. The number of alkyl halides is 3. The Hall–Kier alpha value is -0.770. The zero-order valence-corrected chi connectivity index (χ0v) is 7.17. The number of hydrogen-bond acceptors (Lipinski definition) is 1. The fourth-order valence-corrected chi connectivity index (χ4v) is 1.53. The second kappa shape index (κ2) is 3.31. The summed E-state index contributed by atoms with van der Waals surface area (Å²) in [5.74, 6) is 0. The molecule has 12 heavy (non-hydrogen) atoms. The van der Waals surface area contributed by atoms with Crippen LogP contribution in [-0.4, -0.2) is 6.18 Å². The third-order valence-electron chi connectivity index (χ3n) is 1.29. The van der Waals surface area contributed by atoms with E-state index in [2.05, 4.69) is 0 Å². The van der Waals surface area contributed by atoms with Crippen molar-refractivity contribution in [1.82, 2.24) is 0 Å². The molecule has 1 heterocycles. The molecule has 0 atom stereocenters. The minimum absolute atomic E-state index is 0.262. The van der Waals surface area contributed by atoms with Gasteiger partial charge in [-0.05, 0) is 23.9 Å². The Kier molecular flexibility index (Phi) is 2.57. The summed E-state index contributed by atoms with van der Waals surface area (Å²) in [4.78, 5) is 0.660. The summed E-state index contributed by atoms with van der Waals surface area (Å²) >= 11 is 1.30. The molecule has 0 aromatic carbocycles. The van der Waals surface area contributed by atoms with E-state index in [0.29, 0.717) is 11.0 Å². The predicted octanol–water partition coefficient (Wildman–Crippen LogP) is 3.71. The SMILES string of the molecule is C/C(=C\C(F)(F)F)c1cccs1. The Balaban J connectivity index is 2.85. The van der Waals surface area contributed by atoms with Crippen LogP contribution in [-0.2, 0) is 0 Å². The Bertz CT molecular complexity index is 269. The van der Waals surface area contributed by atoms with E-state index < -0.39 is 6.18 Å². The van der Waals surface area contributed by atoms with Crippen LogP contribution in [0, 0.1) is 0 Å². The highest BCUT2D eigenvalue weighted by Crippen LogP contribution is 2.25. The third kappa shape index (κ3) is 2.70. The molecule has 0 N–H and O–H groups in total. The lowest BCUT2D eigenvalue weighted by molar-refractivity contribution is -0.0793. The van der Waals surface area contributed by atoms with Gasteiger partial charge in [-0.25, -0.2) is 0 Å². The first-order valence-electron chi connectivity index (χ1n) is 3.29. The van der Waals surface area contributed by atoms with Crippen molar-refractivity contribution in [1.29, 1.82) is 0 Å². The monoisotopic (exact) mass is 192 g/mol. The number of hydrogen-bond donors (Lipinski definition) is 0. The molecule has 0 aliphatic rings. The molecule has 0 radical (unpaired) electrons. The first kappa shape index (κ1) is 9.32. The van der Waals surface area contributed by atoms with Crippen molar-refractivity contribution >= 4 is 16.9 Å². The van der Waals surface area contributed by atoms with Crippen LogP contribution in [0.1, 0.15) is 11.8 Å². The summed E-state index contributed by atoms with van der Waals surface area (Å²) in [5, 5.41) is 1.75. The lowest BCUT2D eigenvalue weighted by Crippen LogP contribution is -2.01. The highest BCUT2D eigenvalue weighted by atomic mass is 32.1. The molecule has 1 rings (SSSR count). The van der Waals surface area contributed by atoms with Gasteiger partial charge < -0.3 is 0 Å². The molecule has 0 bridgehead atoms. The molecule has 0 saturated carbocycles. The van der Waals surface area contributed by atoms with E-state index in [4.69, 9.17) is 0 Å². The molecule has 1 aromatic heterocycles. The molecule has 1 aromatic rings. The standard InChI is InChI=1S/C8H7F3S/c1-6(5-8(9,10)11)7-3-2-4-12-7/h2-5H,1H3/b6-5+. The zero-order valence-electron chi connectivity index (χ0n) is 6.35. The third-order valence-corrected chi connectivity index (χ3v) is 2.30. The van der Waals surface area contributed by atoms with E-state index in [-0.39, 0.29) is 5.57 Å². The van der Waals surface area contributed by atoms with Crippen molar-refractivity contribution in [3.63, 3.8) is 0 Å². The van der Waals surface area contributed by atoms with Gasteiger partial charge in [0.2, 0.25) is 0 Å². The van der Waals surface area contributed by atoms with Gasteiger partial charge in [0.25, 0.3) is 0 Å². The van der Waals surface area contributed by atoms with E-state index in [1.807, 2.05) is 0 Å². The first-order chi connectivity index (χ1) is 5.49. The maximum absolute atomic E-state index is 11.8. The van der Waals surface area contributed by atoms with Gasteiger partial charge >= 0.3 is 6.18 Å². The molecule has 0 spiro atoms. The van der Waals surface area contributed by atoms with Crippen LogP contribution in [0.25, 0.3) is 5.57 Å². The second-order valence-electron chi connectivity index (χ2n) is 2.35. The van der Waals surface area contributed by atoms with Crippen LogP contribution >= 0.6 is 11.3 Å². The van der Waals surface area contributed by atoms with E-state index in [1.54, 1.807) is 17.5 Å². The van der Waals surface area contributed by atoms with Crippen LogP contribution in [0.4, 0.5) is 13.2 Å². The van der Waals surface area contributed by atoms with E-state index in [9.17, 15) is 13.2 Å². The first-order valence-corrected chi connectivity index (χ1v) is 4.17. The lowest BCUT2D eigenvalue weighted by atomic mass is 10.2. The fourth-order valence-electron chi connectivity index (χ4n) is 0.820. The molecule has 0 saturated heterocycles. The second-order valence-corrected chi connectivity index (χ2v) is 3.29. The van der Waals surface area contributed by atoms with Crippen LogP contribution in [0.15, 0.2) is 23.6 Å². The maximum atomic E-state index is 11.8. The van der Waals surface area contributed by atoms with Crippen molar-refractivity contribution < 1.29 is 13.2 Å². The molecule has 0 nitrogen and oxygen atoms in total.